The first-order valence-corrected chi connectivity index (χ1v) is 9.75. The number of piperazine rings is 1. The van der Waals surface area contributed by atoms with Crippen LogP contribution in [0.15, 0.2) is 52.9 Å². The van der Waals surface area contributed by atoms with Gasteiger partial charge >= 0.3 is 0 Å². The summed E-state index contributed by atoms with van der Waals surface area (Å²) in [7, 11) is 1.65. The van der Waals surface area contributed by atoms with Crippen molar-refractivity contribution in [1.29, 1.82) is 0 Å². The Hall–Kier alpha value is -2.57. The number of hydrogen-bond acceptors (Lipinski definition) is 6. The number of rotatable bonds is 5. The molecule has 0 aliphatic carbocycles. The van der Waals surface area contributed by atoms with Crippen LogP contribution in [0.1, 0.15) is 18.9 Å². The summed E-state index contributed by atoms with van der Waals surface area (Å²) in [6, 6.07) is 15.7. The van der Waals surface area contributed by atoms with E-state index in [0.29, 0.717) is 11.8 Å². The quantitative estimate of drug-likeness (QED) is 0.639. The van der Waals surface area contributed by atoms with Gasteiger partial charge in [-0.3, -0.25) is 4.90 Å². The first-order valence-electron chi connectivity index (χ1n) is 9.37. The van der Waals surface area contributed by atoms with E-state index >= 15 is 0 Å². The highest BCUT2D eigenvalue weighted by atomic mass is 35.5. The molecular formula is C21H23ClN4O2. The van der Waals surface area contributed by atoms with E-state index < -0.39 is 0 Å². The Balaban J connectivity index is 1.41. The number of para-hydroxylation sites is 1. The van der Waals surface area contributed by atoms with E-state index in [-0.39, 0.29) is 6.04 Å². The molecule has 2 heterocycles. The molecule has 0 radical (unpaired) electrons. The summed E-state index contributed by atoms with van der Waals surface area (Å²) in [6.07, 6.45) is 0. The van der Waals surface area contributed by atoms with Crippen LogP contribution in [0.3, 0.4) is 0 Å². The number of anilines is 1. The smallest absolute Gasteiger partial charge is 0.247 e. The molecule has 146 valence electrons. The molecule has 3 aromatic rings. The third-order valence-electron chi connectivity index (χ3n) is 5.19. The predicted octanol–water partition coefficient (Wildman–Crippen LogP) is 4.28. The average molecular weight is 399 g/mol. The molecule has 7 heteroatoms. The minimum Gasteiger partial charge on any atom is -0.497 e. The Kier molecular flexibility index (Phi) is 5.50. The van der Waals surface area contributed by atoms with Crippen LogP contribution in [0.5, 0.6) is 5.75 Å². The summed E-state index contributed by atoms with van der Waals surface area (Å²) >= 11 is 6.34. The van der Waals surface area contributed by atoms with E-state index in [0.717, 1.165) is 48.2 Å². The summed E-state index contributed by atoms with van der Waals surface area (Å²) in [5, 5.41) is 9.29. The summed E-state index contributed by atoms with van der Waals surface area (Å²) in [5.74, 6) is 1.96. The van der Waals surface area contributed by atoms with Crippen LogP contribution in [-0.4, -0.2) is 48.4 Å². The van der Waals surface area contributed by atoms with Crippen molar-refractivity contribution in [2.24, 2.45) is 0 Å². The van der Waals surface area contributed by atoms with Gasteiger partial charge in [-0.05, 0) is 43.3 Å². The molecule has 1 saturated heterocycles. The Morgan fingerprint density at radius 1 is 1.00 bits per heavy atom. The molecule has 0 bridgehead atoms. The standard InChI is InChI=1S/C21H23ClN4O2/c1-15(20-23-24-21(28-20)16-7-9-17(27-2)10-8-16)25-11-13-26(14-12-25)19-6-4-3-5-18(19)22/h3-10,15H,11-14H2,1-2H3/t15-/m1/s1. The molecule has 1 atom stereocenters. The van der Waals surface area contributed by atoms with Crippen molar-refractivity contribution in [3.05, 3.63) is 59.4 Å². The van der Waals surface area contributed by atoms with Crippen molar-refractivity contribution in [2.45, 2.75) is 13.0 Å². The second-order valence-corrected chi connectivity index (χ2v) is 7.23. The number of methoxy groups -OCH3 is 1. The first-order chi connectivity index (χ1) is 13.7. The molecule has 28 heavy (non-hydrogen) atoms. The van der Waals surface area contributed by atoms with Crippen LogP contribution in [0, 0.1) is 0 Å². The summed E-state index contributed by atoms with van der Waals surface area (Å²) in [4.78, 5) is 4.68. The number of benzene rings is 2. The van der Waals surface area contributed by atoms with Gasteiger partial charge in [0.25, 0.3) is 0 Å². The van der Waals surface area contributed by atoms with Gasteiger partial charge in [0.1, 0.15) is 5.75 Å². The van der Waals surface area contributed by atoms with Crippen molar-refractivity contribution in [3.63, 3.8) is 0 Å². The number of ether oxygens (including phenoxy) is 1. The molecule has 0 N–H and O–H groups in total. The topological polar surface area (TPSA) is 54.6 Å². The second kappa shape index (κ2) is 8.20. The molecule has 1 fully saturated rings. The first kappa shape index (κ1) is 18.8. The van der Waals surface area contributed by atoms with Crippen LogP contribution in [0.4, 0.5) is 5.69 Å². The Morgan fingerprint density at radius 2 is 1.71 bits per heavy atom. The molecule has 0 saturated carbocycles. The fraction of sp³-hybridized carbons (Fsp3) is 0.333. The van der Waals surface area contributed by atoms with E-state index in [1.807, 2.05) is 42.5 Å². The predicted molar refractivity (Wildman–Crippen MR) is 110 cm³/mol. The third kappa shape index (κ3) is 3.84. The molecular weight excluding hydrogens is 376 g/mol. The summed E-state index contributed by atoms with van der Waals surface area (Å²) in [6.45, 7) is 5.75. The largest absolute Gasteiger partial charge is 0.497 e. The highest BCUT2D eigenvalue weighted by molar-refractivity contribution is 6.33. The maximum Gasteiger partial charge on any atom is 0.247 e. The third-order valence-corrected chi connectivity index (χ3v) is 5.51. The average Bonchev–Trinajstić information content (AvgIpc) is 3.24. The lowest BCUT2D eigenvalue weighted by molar-refractivity contribution is 0.174. The molecule has 0 spiro atoms. The normalized spacial score (nSPS) is 16.2. The van der Waals surface area contributed by atoms with E-state index in [9.17, 15) is 0 Å². The van der Waals surface area contributed by atoms with Crippen LogP contribution < -0.4 is 9.64 Å². The lowest BCUT2D eigenvalue weighted by Crippen LogP contribution is -2.47. The minimum atomic E-state index is 0.0629. The van der Waals surface area contributed by atoms with Crippen molar-refractivity contribution < 1.29 is 9.15 Å². The summed E-state index contributed by atoms with van der Waals surface area (Å²) in [5.41, 5.74) is 1.98. The Bertz CT molecular complexity index is 920. The Morgan fingerprint density at radius 3 is 2.39 bits per heavy atom. The monoisotopic (exact) mass is 398 g/mol. The number of halogens is 1. The molecule has 4 rings (SSSR count). The van der Waals surface area contributed by atoms with Gasteiger partial charge in [0.2, 0.25) is 11.8 Å². The van der Waals surface area contributed by atoms with Gasteiger partial charge in [-0.15, -0.1) is 10.2 Å². The maximum absolute atomic E-state index is 6.34. The van der Waals surface area contributed by atoms with Crippen LogP contribution in [-0.2, 0) is 0 Å². The fourth-order valence-corrected chi connectivity index (χ4v) is 3.72. The maximum atomic E-state index is 6.34. The second-order valence-electron chi connectivity index (χ2n) is 6.82. The van der Waals surface area contributed by atoms with E-state index in [1.165, 1.54) is 0 Å². The zero-order chi connectivity index (χ0) is 19.5. The fourth-order valence-electron chi connectivity index (χ4n) is 3.47. The number of aromatic nitrogens is 2. The van der Waals surface area contributed by atoms with Crippen LogP contribution in [0.25, 0.3) is 11.5 Å². The minimum absolute atomic E-state index is 0.0629. The summed E-state index contributed by atoms with van der Waals surface area (Å²) < 4.78 is 11.1. The van der Waals surface area contributed by atoms with Crippen LogP contribution >= 0.6 is 11.6 Å². The number of nitrogens with zero attached hydrogens (tertiary/aromatic N) is 4. The van der Waals surface area contributed by atoms with Gasteiger partial charge in [-0.2, -0.15) is 0 Å². The SMILES string of the molecule is COc1ccc(-c2nnc([C@@H](C)N3CCN(c4ccccc4Cl)CC3)o2)cc1. The zero-order valence-electron chi connectivity index (χ0n) is 16.0. The molecule has 0 unspecified atom stereocenters. The van der Waals surface area contributed by atoms with Crippen molar-refractivity contribution in [3.8, 4) is 17.2 Å². The van der Waals surface area contributed by atoms with Gasteiger partial charge in [-0.25, -0.2) is 0 Å². The molecule has 1 aliphatic heterocycles. The lowest BCUT2D eigenvalue weighted by atomic mass is 10.2. The van der Waals surface area contributed by atoms with Gasteiger partial charge in [0, 0.05) is 31.7 Å². The highest BCUT2D eigenvalue weighted by Gasteiger charge is 2.26. The van der Waals surface area contributed by atoms with Crippen molar-refractivity contribution in [2.75, 3.05) is 38.2 Å². The lowest BCUT2D eigenvalue weighted by Gasteiger charge is -2.38. The van der Waals surface area contributed by atoms with Gasteiger partial charge < -0.3 is 14.1 Å². The van der Waals surface area contributed by atoms with Gasteiger partial charge in [0.15, 0.2) is 0 Å². The van der Waals surface area contributed by atoms with Gasteiger partial charge in [-0.1, -0.05) is 23.7 Å². The number of hydrogen-bond donors (Lipinski definition) is 0. The molecule has 2 aromatic carbocycles. The van der Waals surface area contributed by atoms with E-state index in [1.54, 1.807) is 7.11 Å². The van der Waals surface area contributed by atoms with E-state index in [2.05, 4.69) is 33.0 Å². The van der Waals surface area contributed by atoms with Crippen LogP contribution in [0.2, 0.25) is 5.02 Å². The molecule has 1 aliphatic rings. The zero-order valence-corrected chi connectivity index (χ0v) is 16.8. The van der Waals surface area contributed by atoms with Crippen molar-refractivity contribution >= 4 is 17.3 Å². The Labute approximate surface area is 169 Å². The molecule has 0 amide bonds. The van der Waals surface area contributed by atoms with Crippen molar-refractivity contribution in [1.82, 2.24) is 15.1 Å². The van der Waals surface area contributed by atoms with E-state index in [4.69, 9.17) is 20.8 Å². The molecule has 1 aromatic heterocycles. The van der Waals surface area contributed by atoms with Gasteiger partial charge in [0.05, 0.1) is 23.9 Å². The highest BCUT2D eigenvalue weighted by Crippen LogP contribution is 2.29. The molecule has 6 nitrogen and oxygen atoms in total.